The molecule has 0 fully saturated rings. The smallest absolute Gasteiger partial charge is 0.225 e. The first-order valence-electron chi connectivity index (χ1n) is 5.03. The van der Waals surface area contributed by atoms with Crippen LogP contribution in [0, 0.1) is 0 Å². The third-order valence-corrected chi connectivity index (χ3v) is 2.34. The van der Waals surface area contributed by atoms with Gasteiger partial charge in [0.1, 0.15) is 11.0 Å². The molecule has 84 valence electrons. The van der Waals surface area contributed by atoms with Crippen molar-refractivity contribution in [1.29, 1.82) is 0 Å². The summed E-state index contributed by atoms with van der Waals surface area (Å²) in [7, 11) is 0. The van der Waals surface area contributed by atoms with Crippen molar-refractivity contribution in [2.24, 2.45) is 0 Å². The summed E-state index contributed by atoms with van der Waals surface area (Å²) in [4.78, 5) is 8.09. The minimum Gasteiger partial charge on any atom is -0.367 e. The standard InChI is InChI=1S/C10H15Cl2N3/c1-4-5-7-8(11)14-10(12)15-9(7)13-6(2)3/h6H,4-5H2,1-3H3,(H,13,14,15). The molecule has 0 aliphatic rings. The van der Waals surface area contributed by atoms with Crippen LogP contribution in [0.5, 0.6) is 0 Å². The van der Waals surface area contributed by atoms with Crippen molar-refractivity contribution in [3.05, 3.63) is 16.0 Å². The number of aromatic nitrogens is 2. The van der Waals surface area contributed by atoms with E-state index in [2.05, 4.69) is 22.2 Å². The number of hydrogen-bond donors (Lipinski definition) is 1. The van der Waals surface area contributed by atoms with E-state index in [9.17, 15) is 0 Å². The highest BCUT2D eigenvalue weighted by atomic mass is 35.5. The van der Waals surface area contributed by atoms with Gasteiger partial charge in [0.2, 0.25) is 5.28 Å². The number of nitrogens with one attached hydrogen (secondary N) is 1. The van der Waals surface area contributed by atoms with Gasteiger partial charge in [-0.05, 0) is 31.9 Å². The van der Waals surface area contributed by atoms with Gasteiger partial charge in [0, 0.05) is 11.6 Å². The Kier molecular flexibility index (Phi) is 4.61. The van der Waals surface area contributed by atoms with E-state index in [0.29, 0.717) is 11.2 Å². The second-order valence-electron chi connectivity index (χ2n) is 3.66. The predicted octanol–water partition coefficient (Wildman–Crippen LogP) is 3.56. The minimum absolute atomic E-state index is 0.183. The average molecular weight is 248 g/mol. The molecule has 0 saturated heterocycles. The molecule has 0 radical (unpaired) electrons. The first kappa shape index (κ1) is 12.5. The van der Waals surface area contributed by atoms with Crippen molar-refractivity contribution >= 4 is 29.0 Å². The molecular weight excluding hydrogens is 233 g/mol. The first-order valence-corrected chi connectivity index (χ1v) is 5.78. The molecule has 0 aliphatic carbocycles. The van der Waals surface area contributed by atoms with E-state index in [4.69, 9.17) is 23.2 Å². The summed E-state index contributed by atoms with van der Waals surface area (Å²) in [6.07, 6.45) is 1.85. The van der Waals surface area contributed by atoms with Crippen molar-refractivity contribution in [1.82, 2.24) is 9.97 Å². The van der Waals surface area contributed by atoms with Crippen LogP contribution in [0.4, 0.5) is 5.82 Å². The highest BCUT2D eigenvalue weighted by molar-refractivity contribution is 6.32. The quantitative estimate of drug-likeness (QED) is 0.654. The lowest BCUT2D eigenvalue weighted by Crippen LogP contribution is -2.14. The average Bonchev–Trinajstić information content (AvgIpc) is 2.10. The maximum absolute atomic E-state index is 6.02. The lowest BCUT2D eigenvalue weighted by Gasteiger charge is -2.14. The summed E-state index contributed by atoms with van der Waals surface area (Å²) < 4.78 is 0. The maximum atomic E-state index is 6.02. The van der Waals surface area contributed by atoms with E-state index >= 15 is 0 Å². The molecule has 1 aromatic rings. The Balaban J connectivity index is 3.08. The molecule has 1 N–H and O–H groups in total. The van der Waals surface area contributed by atoms with E-state index in [-0.39, 0.29) is 5.28 Å². The highest BCUT2D eigenvalue weighted by Crippen LogP contribution is 2.24. The second kappa shape index (κ2) is 5.52. The Bertz CT molecular complexity index is 340. The minimum atomic E-state index is 0.183. The molecule has 0 spiro atoms. The van der Waals surface area contributed by atoms with Crippen molar-refractivity contribution in [3.63, 3.8) is 0 Å². The summed E-state index contributed by atoms with van der Waals surface area (Å²) in [5.74, 6) is 0.747. The number of anilines is 1. The molecule has 0 unspecified atom stereocenters. The summed E-state index contributed by atoms with van der Waals surface area (Å²) in [5.41, 5.74) is 0.942. The monoisotopic (exact) mass is 247 g/mol. The fourth-order valence-corrected chi connectivity index (χ4v) is 1.77. The van der Waals surface area contributed by atoms with E-state index in [1.54, 1.807) is 0 Å². The normalized spacial score (nSPS) is 10.8. The Morgan fingerprint density at radius 1 is 1.27 bits per heavy atom. The van der Waals surface area contributed by atoms with Crippen LogP contribution in [0.15, 0.2) is 0 Å². The SMILES string of the molecule is CCCc1c(Cl)nc(Cl)nc1NC(C)C. The van der Waals surface area contributed by atoms with Gasteiger partial charge < -0.3 is 5.32 Å². The third-order valence-electron chi connectivity index (χ3n) is 1.85. The van der Waals surface area contributed by atoms with Crippen molar-refractivity contribution in [2.45, 2.75) is 39.7 Å². The number of halogens is 2. The van der Waals surface area contributed by atoms with Crippen LogP contribution in [0.3, 0.4) is 0 Å². The van der Waals surface area contributed by atoms with E-state index in [1.807, 2.05) is 13.8 Å². The lowest BCUT2D eigenvalue weighted by molar-refractivity contribution is 0.856. The second-order valence-corrected chi connectivity index (χ2v) is 4.36. The molecule has 0 aliphatic heterocycles. The number of rotatable bonds is 4. The molecule has 5 heteroatoms. The van der Waals surface area contributed by atoms with Crippen molar-refractivity contribution < 1.29 is 0 Å². The number of nitrogens with zero attached hydrogens (tertiary/aromatic N) is 2. The summed E-state index contributed by atoms with van der Waals surface area (Å²) in [6.45, 7) is 6.17. The predicted molar refractivity (Wildman–Crippen MR) is 64.8 cm³/mol. The Hall–Kier alpha value is -0.540. The summed E-state index contributed by atoms with van der Waals surface area (Å²) in [5, 5.41) is 3.85. The zero-order chi connectivity index (χ0) is 11.4. The Morgan fingerprint density at radius 3 is 2.47 bits per heavy atom. The van der Waals surface area contributed by atoms with Crippen LogP contribution >= 0.6 is 23.2 Å². The topological polar surface area (TPSA) is 37.8 Å². The van der Waals surface area contributed by atoms with E-state index in [0.717, 1.165) is 24.2 Å². The third kappa shape index (κ3) is 3.50. The van der Waals surface area contributed by atoms with Crippen LogP contribution in [0.2, 0.25) is 10.4 Å². The van der Waals surface area contributed by atoms with Crippen LogP contribution in [0.1, 0.15) is 32.8 Å². The van der Waals surface area contributed by atoms with Crippen molar-refractivity contribution in [2.75, 3.05) is 5.32 Å². The van der Waals surface area contributed by atoms with Crippen LogP contribution in [0.25, 0.3) is 0 Å². The zero-order valence-corrected chi connectivity index (χ0v) is 10.7. The number of hydrogen-bond acceptors (Lipinski definition) is 3. The van der Waals surface area contributed by atoms with Gasteiger partial charge in [0.05, 0.1) is 0 Å². The van der Waals surface area contributed by atoms with E-state index in [1.165, 1.54) is 0 Å². The van der Waals surface area contributed by atoms with Gasteiger partial charge in [-0.3, -0.25) is 0 Å². The summed E-state index contributed by atoms with van der Waals surface area (Å²) in [6, 6.07) is 0.294. The summed E-state index contributed by atoms with van der Waals surface area (Å²) >= 11 is 11.8. The molecule has 15 heavy (non-hydrogen) atoms. The zero-order valence-electron chi connectivity index (χ0n) is 9.14. The molecule has 1 aromatic heterocycles. The van der Waals surface area contributed by atoms with E-state index < -0.39 is 0 Å². The van der Waals surface area contributed by atoms with Crippen molar-refractivity contribution in [3.8, 4) is 0 Å². The first-order chi connectivity index (χ1) is 7.04. The highest BCUT2D eigenvalue weighted by Gasteiger charge is 2.12. The van der Waals surface area contributed by atoms with Gasteiger partial charge in [-0.1, -0.05) is 24.9 Å². The van der Waals surface area contributed by atoms with Gasteiger partial charge in [-0.15, -0.1) is 0 Å². The van der Waals surface area contributed by atoms with Gasteiger partial charge in [0.25, 0.3) is 0 Å². The molecule has 1 rings (SSSR count). The Labute approximate surface area is 100 Å². The molecule has 0 atom stereocenters. The largest absolute Gasteiger partial charge is 0.367 e. The molecule has 0 bridgehead atoms. The molecule has 0 aromatic carbocycles. The van der Waals surface area contributed by atoms with Gasteiger partial charge in [-0.2, -0.15) is 0 Å². The molecule has 0 saturated carbocycles. The molecule has 3 nitrogen and oxygen atoms in total. The fourth-order valence-electron chi connectivity index (χ4n) is 1.30. The van der Waals surface area contributed by atoms with Gasteiger partial charge in [0.15, 0.2) is 0 Å². The fraction of sp³-hybridized carbons (Fsp3) is 0.600. The van der Waals surface area contributed by atoms with Gasteiger partial charge in [-0.25, -0.2) is 9.97 Å². The molecular formula is C10H15Cl2N3. The lowest BCUT2D eigenvalue weighted by atomic mass is 10.2. The van der Waals surface area contributed by atoms with Crippen LogP contribution < -0.4 is 5.32 Å². The molecule has 0 amide bonds. The van der Waals surface area contributed by atoms with Crippen LogP contribution in [-0.2, 0) is 6.42 Å². The van der Waals surface area contributed by atoms with Gasteiger partial charge >= 0.3 is 0 Å². The Morgan fingerprint density at radius 2 is 1.93 bits per heavy atom. The van der Waals surface area contributed by atoms with Crippen LogP contribution in [-0.4, -0.2) is 16.0 Å². The maximum Gasteiger partial charge on any atom is 0.225 e. The molecule has 1 heterocycles.